The van der Waals surface area contributed by atoms with Crippen LogP contribution in [0.2, 0.25) is 0 Å². The molecule has 5 nitrogen and oxygen atoms in total. The number of nitrogens with one attached hydrogen (secondary N) is 1. The van der Waals surface area contributed by atoms with Crippen molar-refractivity contribution in [2.24, 2.45) is 5.92 Å². The van der Waals surface area contributed by atoms with Gasteiger partial charge in [-0.3, -0.25) is 0 Å². The molecule has 1 aromatic carbocycles. The van der Waals surface area contributed by atoms with E-state index < -0.39 is 10.0 Å². The molecule has 0 bridgehead atoms. The third kappa shape index (κ3) is 6.64. The van der Waals surface area contributed by atoms with Crippen LogP contribution in [0.25, 0.3) is 0 Å². The molecule has 0 aliphatic rings. The second-order valence-corrected chi connectivity index (χ2v) is 7.90. The largest absolute Gasteiger partial charge is 0.492 e. The molecule has 1 rings (SSSR count). The highest BCUT2D eigenvalue weighted by molar-refractivity contribution is 9.10. The van der Waals surface area contributed by atoms with Gasteiger partial charge < -0.3 is 9.47 Å². The summed E-state index contributed by atoms with van der Waals surface area (Å²) >= 11 is 3.29. The summed E-state index contributed by atoms with van der Waals surface area (Å²) in [5, 5.41) is 0. The summed E-state index contributed by atoms with van der Waals surface area (Å²) in [5.41, 5.74) is 0. The maximum atomic E-state index is 12.4. The number of ether oxygens (including phenoxy) is 2. The Labute approximate surface area is 141 Å². The van der Waals surface area contributed by atoms with E-state index in [1.807, 2.05) is 6.92 Å². The van der Waals surface area contributed by atoms with Crippen LogP contribution in [0.4, 0.5) is 0 Å². The van der Waals surface area contributed by atoms with Crippen LogP contribution in [-0.2, 0) is 14.8 Å². The molecular weight excluding hydrogens is 370 g/mol. The van der Waals surface area contributed by atoms with Gasteiger partial charge in [0.25, 0.3) is 0 Å². The maximum Gasteiger partial charge on any atom is 0.244 e. The Hall–Kier alpha value is -0.630. The average molecular weight is 394 g/mol. The van der Waals surface area contributed by atoms with E-state index in [1.165, 1.54) is 0 Å². The third-order valence-corrected chi connectivity index (χ3v) is 4.68. The fourth-order valence-electron chi connectivity index (χ4n) is 1.74. The Morgan fingerprint density at radius 2 is 2.05 bits per heavy atom. The van der Waals surface area contributed by atoms with Crippen molar-refractivity contribution in [3.8, 4) is 5.75 Å². The molecule has 0 saturated carbocycles. The van der Waals surface area contributed by atoms with Gasteiger partial charge in [-0.05, 0) is 37.5 Å². The van der Waals surface area contributed by atoms with Crippen LogP contribution in [0.15, 0.2) is 27.6 Å². The highest BCUT2D eigenvalue weighted by Crippen LogP contribution is 2.27. The second kappa shape index (κ2) is 9.50. The van der Waals surface area contributed by atoms with Gasteiger partial charge in [0.15, 0.2) is 0 Å². The predicted octanol–water partition coefficient (Wildman–Crippen LogP) is 3.19. The van der Waals surface area contributed by atoms with E-state index in [1.54, 1.807) is 18.2 Å². The molecule has 0 saturated heterocycles. The predicted molar refractivity (Wildman–Crippen MR) is 90.8 cm³/mol. The van der Waals surface area contributed by atoms with Crippen LogP contribution in [0, 0.1) is 5.92 Å². The van der Waals surface area contributed by atoms with Crippen LogP contribution >= 0.6 is 15.9 Å². The van der Waals surface area contributed by atoms with Gasteiger partial charge in [-0.15, -0.1) is 0 Å². The molecular formula is C15H24BrNO4S. The molecule has 0 aliphatic heterocycles. The van der Waals surface area contributed by atoms with E-state index in [9.17, 15) is 8.42 Å². The minimum atomic E-state index is -3.60. The highest BCUT2D eigenvalue weighted by atomic mass is 79.9. The van der Waals surface area contributed by atoms with Crippen molar-refractivity contribution >= 4 is 26.0 Å². The molecule has 0 aliphatic carbocycles. The van der Waals surface area contributed by atoms with Crippen LogP contribution in [-0.4, -0.2) is 34.8 Å². The zero-order chi connectivity index (χ0) is 16.6. The molecule has 0 heterocycles. The molecule has 7 heteroatoms. The molecule has 1 aromatic rings. The fourth-order valence-corrected chi connectivity index (χ4v) is 3.50. The van der Waals surface area contributed by atoms with E-state index in [-0.39, 0.29) is 4.90 Å². The lowest BCUT2D eigenvalue weighted by molar-refractivity contribution is 0.108. The summed E-state index contributed by atoms with van der Waals surface area (Å²) in [6, 6.07) is 4.94. The van der Waals surface area contributed by atoms with Crippen molar-refractivity contribution in [1.29, 1.82) is 0 Å². The Kier molecular flexibility index (Phi) is 8.38. The maximum absolute atomic E-state index is 12.4. The van der Waals surface area contributed by atoms with Gasteiger partial charge in [-0.1, -0.05) is 29.8 Å². The second-order valence-electron chi connectivity index (χ2n) is 5.24. The lowest BCUT2D eigenvalue weighted by Crippen LogP contribution is -2.26. The lowest BCUT2D eigenvalue weighted by Gasteiger charge is -2.12. The minimum absolute atomic E-state index is 0.145. The first kappa shape index (κ1) is 19.4. The van der Waals surface area contributed by atoms with Crippen LogP contribution in [0.5, 0.6) is 5.75 Å². The van der Waals surface area contributed by atoms with Crippen LogP contribution in [0.3, 0.4) is 0 Å². The summed E-state index contributed by atoms with van der Waals surface area (Å²) in [5.74, 6) is 0.835. The Bertz CT molecular complexity index is 561. The molecule has 0 atom stereocenters. The van der Waals surface area contributed by atoms with Crippen molar-refractivity contribution in [2.45, 2.75) is 32.1 Å². The van der Waals surface area contributed by atoms with Crippen molar-refractivity contribution in [1.82, 2.24) is 4.72 Å². The zero-order valence-corrected chi connectivity index (χ0v) is 15.7. The SMILES string of the molecule is CCOc1ccc(Br)cc1S(=O)(=O)NCCCOCC(C)C. The summed E-state index contributed by atoms with van der Waals surface area (Å²) in [6.45, 7) is 7.93. The van der Waals surface area contributed by atoms with Crippen molar-refractivity contribution in [3.63, 3.8) is 0 Å². The fraction of sp³-hybridized carbons (Fsp3) is 0.600. The lowest BCUT2D eigenvalue weighted by atomic mass is 10.2. The number of rotatable bonds is 10. The summed E-state index contributed by atoms with van der Waals surface area (Å²) in [4.78, 5) is 0.145. The molecule has 0 spiro atoms. The van der Waals surface area contributed by atoms with E-state index >= 15 is 0 Å². The first-order chi connectivity index (χ1) is 10.4. The van der Waals surface area contributed by atoms with Gasteiger partial charge in [-0.2, -0.15) is 0 Å². The van der Waals surface area contributed by atoms with E-state index in [0.717, 1.165) is 0 Å². The zero-order valence-electron chi connectivity index (χ0n) is 13.3. The number of hydrogen-bond donors (Lipinski definition) is 1. The number of halogens is 1. The molecule has 0 radical (unpaired) electrons. The quantitative estimate of drug-likeness (QED) is 0.619. The molecule has 22 heavy (non-hydrogen) atoms. The Morgan fingerprint density at radius 1 is 1.32 bits per heavy atom. The third-order valence-electron chi connectivity index (χ3n) is 2.70. The van der Waals surface area contributed by atoms with Gasteiger partial charge in [-0.25, -0.2) is 13.1 Å². The monoisotopic (exact) mass is 393 g/mol. The van der Waals surface area contributed by atoms with Gasteiger partial charge in [0, 0.05) is 24.2 Å². The van der Waals surface area contributed by atoms with Gasteiger partial charge >= 0.3 is 0 Å². The van der Waals surface area contributed by atoms with Crippen molar-refractivity contribution in [2.75, 3.05) is 26.4 Å². The van der Waals surface area contributed by atoms with Crippen molar-refractivity contribution < 1.29 is 17.9 Å². The summed E-state index contributed by atoms with van der Waals surface area (Å²) in [6.07, 6.45) is 0.629. The molecule has 1 N–H and O–H groups in total. The topological polar surface area (TPSA) is 64.6 Å². The standard InChI is InChI=1S/C15H24BrNO4S/c1-4-21-14-7-6-13(16)10-15(14)22(18,19)17-8-5-9-20-11-12(2)3/h6-7,10,12,17H,4-5,8-9,11H2,1-3H3. The van der Waals surface area contributed by atoms with E-state index in [0.29, 0.717) is 48.9 Å². The highest BCUT2D eigenvalue weighted by Gasteiger charge is 2.19. The minimum Gasteiger partial charge on any atom is -0.492 e. The van der Waals surface area contributed by atoms with Gasteiger partial charge in [0.1, 0.15) is 10.6 Å². The first-order valence-electron chi connectivity index (χ1n) is 7.36. The van der Waals surface area contributed by atoms with Gasteiger partial charge in [0.2, 0.25) is 10.0 Å². The molecule has 126 valence electrons. The van der Waals surface area contributed by atoms with E-state index in [2.05, 4.69) is 34.5 Å². The molecule has 0 unspecified atom stereocenters. The Morgan fingerprint density at radius 3 is 2.68 bits per heavy atom. The molecule has 0 aromatic heterocycles. The number of hydrogen-bond acceptors (Lipinski definition) is 4. The summed E-state index contributed by atoms with van der Waals surface area (Å²) < 4.78 is 38.8. The van der Waals surface area contributed by atoms with Crippen LogP contribution < -0.4 is 9.46 Å². The molecule has 0 amide bonds. The number of sulfonamides is 1. The van der Waals surface area contributed by atoms with Crippen molar-refractivity contribution in [3.05, 3.63) is 22.7 Å². The molecule has 0 fully saturated rings. The normalized spacial score (nSPS) is 11.9. The Balaban J connectivity index is 2.61. The number of benzene rings is 1. The summed E-state index contributed by atoms with van der Waals surface area (Å²) in [7, 11) is -3.60. The van der Waals surface area contributed by atoms with Crippen LogP contribution in [0.1, 0.15) is 27.2 Å². The smallest absolute Gasteiger partial charge is 0.244 e. The average Bonchev–Trinajstić information content (AvgIpc) is 2.44. The first-order valence-corrected chi connectivity index (χ1v) is 9.64. The van der Waals surface area contributed by atoms with E-state index in [4.69, 9.17) is 9.47 Å². The van der Waals surface area contributed by atoms with Gasteiger partial charge in [0.05, 0.1) is 6.61 Å².